The second-order valence-electron chi connectivity index (χ2n) is 8.26. The number of morpholine rings is 1. The van der Waals surface area contributed by atoms with Crippen LogP contribution < -0.4 is 20.0 Å². The van der Waals surface area contributed by atoms with Crippen molar-refractivity contribution in [1.29, 1.82) is 0 Å². The van der Waals surface area contributed by atoms with E-state index in [4.69, 9.17) is 4.74 Å². The Kier molecular flexibility index (Phi) is 5.86. The number of anilines is 5. The van der Waals surface area contributed by atoms with Crippen molar-refractivity contribution in [2.45, 2.75) is 12.7 Å². The van der Waals surface area contributed by atoms with Crippen LogP contribution in [0.1, 0.15) is 11.1 Å². The Hall–Kier alpha value is -3.60. The second-order valence-corrected chi connectivity index (χ2v) is 8.26. The zero-order chi connectivity index (χ0) is 23.7. The largest absolute Gasteiger partial charge is 0.416 e. The van der Waals surface area contributed by atoms with Crippen molar-refractivity contribution in [2.24, 2.45) is 0 Å². The van der Waals surface area contributed by atoms with Crippen molar-refractivity contribution in [3.05, 3.63) is 59.9 Å². The van der Waals surface area contributed by atoms with Crippen molar-refractivity contribution in [2.75, 3.05) is 60.0 Å². The summed E-state index contributed by atoms with van der Waals surface area (Å²) in [5.74, 6) is 2.06. The Balaban J connectivity index is 1.30. The number of ether oxygens (including phenoxy) is 1. The van der Waals surface area contributed by atoms with Crippen LogP contribution in [0.4, 0.5) is 42.1 Å². The molecule has 34 heavy (non-hydrogen) atoms. The van der Waals surface area contributed by atoms with Gasteiger partial charge in [0, 0.05) is 44.1 Å². The van der Waals surface area contributed by atoms with Gasteiger partial charge in [0.05, 0.1) is 37.3 Å². The number of benzene rings is 1. The number of nitrogens with one attached hydrogen (secondary N) is 1. The number of halogens is 3. The minimum Gasteiger partial charge on any atom is -0.378 e. The molecule has 0 amide bonds. The maximum Gasteiger partial charge on any atom is 0.416 e. The van der Waals surface area contributed by atoms with Crippen molar-refractivity contribution in [3.63, 3.8) is 0 Å². The lowest BCUT2D eigenvalue weighted by Gasteiger charge is -2.36. The van der Waals surface area contributed by atoms with Gasteiger partial charge in [-0.05, 0) is 30.3 Å². The third kappa shape index (κ3) is 4.69. The van der Waals surface area contributed by atoms with Gasteiger partial charge >= 0.3 is 6.18 Å². The lowest BCUT2D eigenvalue weighted by molar-refractivity contribution is -0.137. The zero-order valence-electron chi connectivity index (χ0n) is 18.6. The predicted octanol–water partition coefficient (Wildman–Crippen LogP) is 3.88. The van der Waals surface area contributed by atoms with Crippen molar-refractivity contribution < 1.29 is 17.9 Å². The molecule has 1 N–H and O–H groups in total. The van der Waals surface area contributed by atoms with Crippen LogP contribution >= 0.6 is 0 Å². The number of fused-ring (bicyclic) bond motifs is 1. The van der Waals surface area contributed by atoms with Crippen molar-refractivity contribution in [3.8, 4) is 0 Å². The van der Waals surface area contributed by atoms with Crippen LogP contribution in [0.2, 0.25) is 0 Å². The summed E-state index contributed by atoms with van der Waals surface area (Å²) in [5, 5.41) is 3.18. The van der Waals surface area contributed by atoms with Crippen LogP contribution in [0.5, 0.6) is 0 Å². The van der Waals surface area contributed by atoms with E-state index in [9.17, 15) is 13.2 Å². The molecule has 0 aliphatic carbocycles. The Bertz CT molecular complexity index is 1150. The van der Waals surface area contributed by atoms with E-state index in [0.717, 1.165) is 42.0 Å². The minimum atomic E-state index is -4.38. The molecule has 0 bridgehead atoms. The molecule has 2 aliphatic rings. The average Bonchev–Trinajstić information content (AvgIpc) is 2.85. The molecule has 11 heteroatoms. The molecular weight excluding hydrogens is 447 g/mol. The van der Waals surface area contributed by atoms with Gasteiger partial charge < -0.3 is 24.8 Å². The van der Waals surface area contributed by atoms with Gasteiger partial charge in [-0.25, -0.2) is 9.97 Å². The van der Waals surface area contributed by atoms with E-state index in [0.29, 0.717) is 38.1 Å². The van der Waals surface area contributed by atoms with Crippen LogP contribution in [0.25, 0.3) is 0 Å². The van der Waals surface area contributed by atoms with Gasteiger partial charge in [0.15, 0.2) is 0 Å². The van der Waals surface area contributed by atoms with Gasteiger partial charge in [-0.15, -0.1) is 0 Å². The third-order valence-electron chi connectivity index (χ3n) is 5.83. The first-order chi connectivity index (χ1) is 16.4. The fourth-order valence-electron chi connectivity index (χ4n) is 4.10. The van der Waals surface area contributed by atoms with Crippen molar-refractivity contribution in [1.82, 2.24) is 15.0 Å². The standard InChI is InChI=1S/C23H24F3N7O/c1-31-15-33(19-4-2-3-17(11-19)23(24,25)26)14-16-12-28-22(30-21(16)31)29-18-5-6-20(27-13-18)32-7-9-34-10-8-32/h2-6,11-13H,7-10,14-15H2,1H3,(H,28,29,30). The Labute approximate surface area is 195 Å². The van der Waals surface area contributed by atoms with Gasteiger partial charge in [0.2, 0.25) is 5.95 Å². The fourth-order valence-corrected chi connectivity index (χ4v) is 4.10. The normalized spacial score (nSPS) is 16.4. The second kappa shape index (κ2) is 8.98. The lowest BCUT2D eigenvalue weighted by Crippen LogP contribution is -2.41. The Morgan fingerprint density at radius 3 is 2.56 bits per heavy atom. The first-order valence-electron chi connectivity index (χ1n) is 10.9. The van der Waals surface area contributed by atoms with Crippen LogP contribution in [-0.4, -0.2) is 55.0 Å². The number of rotatable bonds is 4. The SMILES string of the molecule is CN1CN(c2cccc(C(F)(F)F)c2)Cc2cnc(Nc3ccc(N4CCOCC4)nc3)nc21. The van der Waals surface area contributed by atoms with E-state index in [2.05, 4.69) is 25.2 Å². The molecule has 2 aliphatic heterocycles. The molecule has 0 atom stereocenters. The predicted molar refractivity (Wildman–Crippen MR) is 123 cm³/mol. The molecule has 1 saturated heterocycles. The molecule has 8 nitrogen and oxygen atoms in total. The fraction of sp³-hybridized carbons (Fsp3) is 0.348. The molecule has 1 fully saturated rings. The molecule has 3 aromatic rings. The van der Waals surface area contributed by atoms with E-state index in [-0.39, 0.29) is 0 Å². The maximum atomic E-state index is 13.1. The number of hydrogen-bond donors (Lipinski definition) is 1. The van der Waals surface area contributed by atoms with Crippen molar-refractivity contribution >= 4 is 29.0 Å². The lowest BCUT2D eigenvalue weighted by atomic mass is 10.1. The number of hydrogen-bond acceptors (Lipinski definition) is 8. The maximum absolute atomic E-state index is 13.1. The molecule has 0 spiro atoms. The van der Waals surface area contributed by atoms with Gasteiger partial charge in [-0.3, -0.25) is 0 Å². The van der Waals surface area contributed by atoms with Crippen LogP contribution in [0.15, 0.2) is 48.8 Å². The summed E-state index contributed by atoms with van der Waals surface area (Å²) in [6.45, 7) is 3.85. The monoisotopic (exact) mass is 471 g/mol. The van der Waals surface area contributed by atoms with E-state index < -0.39 is 11.7 Å². The minimum absolute atomic E-state index is 0.403. The van der Waals surface area contributed by atoms with Gasteiger partial charge in [0.1, 0.15) is 11.6 Å². The molecule has 1 aromatic carbocycles. The highest BCUT2D eigenvalue weighted by Gasteiger charge is 2.31. The zero-order valence-corrected chi connectivity index (χ0v) is 18.6. The molecule has 178 valence electrons. The van der Waals surface area contributed by atoms with E-state index in [1.807, 2.05) is 29.0 Å². The Morgan fingerprint density at radius 2 is 1.82 bits per heavy atom. The van der Waals surface area contributed by atoms with Gasteiger partial charge in [0.25, 0.3) is 0 Å². The summed E-state index contributed by atoms with van der Waals surface area (Å²) in [4.78, 5) is 19.5. The molecule has 0 radical (unpaired) electrons. The van der Waals surface area contributed by atoms with E-state index in [1.165, 1.54) is 12.1 Å². The molecule has 0 unspecified atom stereocenters. The van der Waals surface area contributed by atoms with E-state index >= 15 is 0 Å². The number of aromatic nitrogens is 3. The highest BCUT2D eigenvalue weighted by molar-refractivity contribution is 5.61. The van der Waals surface area contributed by atoms with Gasteiger partial charge in [-0.1, -0.05) is 6.07 Å². The average molecular weight is 471 g/mol. The third-order valence-corrected chi connectivity index (χ3v) is 5.83. The first-order valence-corrected chi connectivity index (χ1v) is 10.9. The quantitative estimate of drug-likeness (QED) is 0.615. The summed E-state index contributed by atoms with van der Waals surface area (Å²) in [6.07, 6.45) is -0.933. The summed E-state index contributed by atoms with van der Waals surface area (Å²) in [5.41, 5.74) is 1.43. The van der Waals surface area contributed by atoms with E-state index in [1.54, 1.807) is 18.5 Å². The Morgan fingerprint density at radius 1 is 1.00 bits per heavy atom. The van der Waals surface area contributed by atoms with Gasteiger partial charge in [-0.2, -0.15) is 18.2 Å². The number of alkyl halides is 3. The van der Waals surface area contributed by atoms with Crippen LogP contribution in [-0.2, 0) is 17.5 Å². The summed E-state index contributed by atoms with van der Waals surface area (Å²) in [7, 11) is 1.86. The first kappa shape index (κ1) is 22.2. The van der Waals surface area contributed by atoms with Crippen LogP contribution in [0.3, 0.4) is 0 Å². The molecule has 4 heterocycles. The molecular formula is C23H24F3N7O. The van der Waals surface area contributed by atoms with Crippen LogP contribution in [0, 0.1) is 0 Å². The molecule has 5 rings (SSSR count). The molecule has 2 aromatic heterocycles. The summed E-state index contributed by atoms with van der Waals surface area (Å²) < 4.78 is 44.7. The summed E-state index contributed by atoms with van der Waals surface area (Å²) in [6, 6.07) is 9.23. The summed E-state index contributed by atoms with van der Waals surface area (Å²) >= 11 is 0. The molecule has 0 saturated carbocycles. The number of nitrogens with zero attached hydrogens (tertiary/aromatic N) is 6. The number of pyridine rings is 1. The highest BCUT2D eigenvalue weighted by Crippen LogP contribution is 2.34. The highest BCUT2D eigenvalue weighted by atomic mass is 19.4. The smallest absolute Gasteiger partial charge is 0.378 e. The topological polar surface area (TPSA) is 69.7 Å².